The fourth-order valence-corrected chi connectivity index (χ4v) is 4.55. The summed E-state index contributed by atoms with van der Waals surface area (Å²) in [4.78, 5) is 50.4. The molecule has 1 heterocycles. The van der Waals surface area contributed by atoms with E-state index >= 15 is 0 Å². The maximum absolute atomic E-state index is 12.7. The van der Waals surface area contributed by atoms with Gasteiger partial charge in [0.15, 0.2) is 0 Å². The first-order valence-corrected chi connectivity index (χ1v) is 11.0. The van der Waals surface area contributed by atoms with Crippen molar-refractivity contribution >= 4 is 23.6 Å². The second-order valence-electron chi connectivity index (χ2n) is 9.27. The Morgan fingerprint density at radius 1 is 1.13 bits per heavy atom. The average molecular weight is 425 g/mol. The van der Waals surface area contributed by atoms with Gasteiger partial charge in [0.25, 0.3) is 0 Å². The van der Waals surface area contributed by atoms with Crippen LogP contribution in [0.3, 0.4) is 0 Å². The van der Waals surface area contributed by atoms with Gasteiger partial charge in [-0.15, -0.1) is 0 Å². The van der Waals surface area contributed by atoms with E-state index in [4.69, 9.17) is 10.5 Å². The Kier molecular flexibility index (Phi) is 8.41. The van der Waals surface area contributed by atoms with Crippen molar-refractivity contribution in [1.82, 2.24) is 4.90 Å². The van der Waals surface area contributed by atoms with Crippen molar-refractivity contribution in [3.8, 4) is 0 Å². The highest BCUT2D eigenvalue weighted by Gasteiger charge is 2.42. The quantitative estimate of drug-likeness (QED) is 0.543. The van der Waals surface area contributed by atoms with E-state index in [-0.39, 0.29) is 36.6 Å². The molecule has 1 amide bonds. The lowest BCUT2D eigenvalue weighted by Crippen LogP contribution is -2.45. The zero-order valence-electron chi connectivity index (χ0n) is 18.4. The van der Waals surface area contributed by atoms with Gasteiger partial charge in [0.05, 0.1) is 5.92 Å². The number of carbonyl (C=O) groups is 4. The highest BCUT2D eigenvalue weighted by atomic mass is 16.5. The maximum Gasteiger partial charge on any atom is 0.323 e. The van der Waals surface area contributed by atoms with Crippen molar-refractivity contribution in [3.05, 3.63) is 0 Å². The maximum atomic E-state index is 12.7. The van der Waals surface area contributed by atoms with Gasteiger partial charge in [-0.3, -0.25) is 19.2 Å². The molecular formula is C22H36N2O6. The Labute approximate surface area is 178 Å². The highest BCUT2D eigenvalue weighted by Crippen LogP contribution is 2.44. The zero-order valence-corrected chi connectivity index (χ0v) is 18.4. The molecule has 2 fully saturated rings. The van der Waals surface area contributed by atoms with E-state index in [1.165, 1.54) is 6.92 Å². The molecule has 170 valence electrons. The lowest BCUT2D eigenvalue weighted by atomic mass is 9.74. The van der Waals surface area contributed by atoms with E-state index in [2.05, 4.69) is 0 Å². The van der Waals surface area contributed by atoms with Crippen LogP contribution in [0, 0.1) is 17.3 Å². The average Bonchev–Trinajstić information content (AvgIpc) is 3.17. The number of aliphatic carboxylic acids is 1. The molecule has 8 nitrogen and oxygen atoms in total. The molecule has 2 unspecified atom stereocenters. The predicted octanol–water partition coefficient (Wildman–Crippen LogP) is 2.13. The van der Waals surface area contributed by atoms with Crippen LogP contribution in [0.15, 0.2) is 0 Å². The predicted molar refractivity (Wildman–Crippen MR) is 110 cm³/mol. The molecule has 0 bridgehead atoms. The van der Waals surface area contributed by atoms with Gasteiger partial charge in [-0.05, 0) is 32.1 Å². The van der Waals surface area contributed by atoms with Crippen LogP contribution in [0.5, 0.6) is 0 Å². The van der Waals surface area contributed by atoms with Crippen LogP contribution in [-0.4, -0.2) is 58.9 Å². The summed E-state index contributed by atoms with van der Waals surface area (Å²) in [7, 11) is 0. The number of piperidine rings is 1. The van der Waals surface area contributed by atoms with Crippen molar-refractivity contribution in [2.24, 2.45) is 23.0 Å². The molecule has 2 rings (SSSR count). The fourth-order valence-electron chi connectivity index (χ4n) is 4.55. The number of nitrogens with two attached hydrogens (primary N) is 1. The van der Waals surface area contributed by atoms with Crippen LogP contribution < -0.4 is 5.73 Å². The molecular weight excluding hydrogens is 388 g/mol. The molecule has 1 saturated carbocycles. The third kappa shape index (κ3) is 6.03. The van der Waals surface area contributed by atoms with Crippen LogP contribution in [0.1, 0.15) is 72.1 Å². The summed E-state index contributed by atoms with van der Waals surface area (Å²) in [5.74, 6) is -2.51. The van der Waals surface area contributed by atoms with Gasteiger partial charge in [-0.1, -0.05) is 26.7 Å². The number of nitrogens with zero attached hydrogens (tertiary/aromatic N) is 1. The lowest BCUT2D eigenvalue weighted by Gasteiger charge is -2.34. The summed E-state index contributed by atoms with van der Waals surface area (Å²) in [5.41, 5.74) is 5.22. The van der Waals surface area contributed by atoms with Gasteiger partial charge in [0.2, 0.25) is 5.91 Å². The number of ether oxygens (including phenoxy) is 1. The van der Waals surface area contributed by atoms with E-state index in [1.807, 2.05) is 13.8 Å². The van der Waals surface area contributed by atoms with Gasteiger partial charge in [0.1, 0.15) is 17.9 Å². The Balaban J connectivity index is 1.88. The smallest absolute Gasteiger partial charge is 0.323 e. The number of amides is 1. The molecule has 0 radical (unpaired) electrons. The van der Waals surface area contributed by atoms with Gasteiger partial charge < -0.3 is 20.5 Å². The number of Topliss-reactive ketones (excluding diaryl/α,β-unsaturated/α-hetero) is 1. The molecule has 0 spiro atoms. The molecule has 0 aromatic carbocycles. The number of rotatable bonds is 9. The minimum atomic E-state index is -1.03. The monoisotopic (exact) mass is 424 g/mol. The van der Waals surface area contributed by atoms with E-state index in [1.54, 1.807) is 4.90 Å². The zero-order chi connectivity index (χ0) is 22.5. The Morgan fingerprint density at radius 3 is 2.17 bits per heavy atom. The largest absolute Gasteiger partial charge is 0.481 e. The molecule has 2 atom stereocenters. The number of hydrogen-bond donors (Lipinski definition) is 2. The molecule has 1 saturated heterocycles. The van der Waals surface area contributed by atoms with Crippen molar-refractivity contribution in [2.45, 2.75) is 84.3 Å². The topological polar surface area (TPSA) is 127 Å². The number of esters is 1. The molecule has 30 heavy (non-hydrogen) atoms. The standard InChI is InChI=1S/C22H36N2O6/c1-14(2)19(23)21(29)30-17-6-10-24(11-7-17)18(26)12-16(20(27)28)13-22(15(3)25)8-4-5-9-22/h14,16-17,19H,4-13,23H2,1-3H3,(H,27,28). The summed E-state index contributed by atoms with van der Waals surface area (Å²) in [6.45, 7) is 6.07. The van der Waals surface area contributed by atoms with E-state index in [0.29, 0.717) is 38.8 Å². The van der Waals surface area contributed by atoms with Gasteiger partial charge in [-0.25, -0.2) is 0 Å². The van der Waals surface area contributed by atoms with E-state index < -0.39 is 29.3 Å². The normalized spacial score (nSPS) is 21.3. The molecule has 8 heteroatoms. The van der Waals surface area contributed by atoms with Crippen LogP contribution in [0.4, 0.5) is 0 Å². The summed E-state index contributed by atoms with van der Waals surface area (Å²) in [5, 5.41) is 9.66. The SMILES string of the molecule is CC(=O)C1(CC(CC(=O)N2CCC(OC(=O)C(N)C(C)C)CC2)C(=O)O)CCCC1. The third-order valence-electron chi connectivity index (χ3n) is 6.78. The molecule has 3 N–H and O–H groups in total. The fraction of sp³-hybridized carbons (Fsp3) is 0.818. The first-order valence-electron chi connectivity index (χ1n) is 11.0. The first kappa shape index (κ1) is 24.3. The molecule has 2 aliphatic rings. The molecule has 1 aliphatic carbocycles. The van der Waals surface area contributed by atoms with Gasteiger partial charge >= 0.3 is 11.9 Å². The molecule has 1 aliphatic heterocycles. The molecule has 0 aromatic heterocycles. The summed E-state index contributed by atoms with van der Waals surface area (Å²) >= 11 is 0. The third-order valence-corrected chi connectivity index (χ3v) is 6.78. The van der Waals surface area contributed by atoms with E-state index in [9.17, 15) is 24.3 Å². The Bertz CT molecular complexity index is 648. The van der Waals surface area contributed by atoms with E-state index in [0.717, 1.165) is 12.8 Å². The first-order chi connectivity index (χ1) is 14.1. The summed E-state index contributed by atoms with van der Waals surface area (Å²) < 4.78 is 5.46. The minimum absolute atomic E-state index is 0.00900. The second-order valence-corrected chi connectivity index (χ2v) is 9.27. The number of hydrogen-bond acceptors (Lipinski definition) is 6. The van der Waals surface area contributed by atoms with Gasteiger partial charge in [-0.2, -0.15) is 0 Å². The van der Waals surface area contributed by atoms with Crippen LogP contribution in [-0.2, 0) is 23.9 Å². The van der Waals surface area contributed by atoms with Crippen molar-refractivity contribution in [2.75, 3.05) is 13.1 Å². The van der Waals surface area contributed by atoms with Crippen molar-refractivity contribution in [3.63, 3.8) is 0 Å². The summed E-state index contributed by atoms with van der Waals surface area (Å²) in [6.07, 6.45) is 4.12. The van der Waals surface area contributed by atoms with Crippen LogP contribution >= 0.6 is 0 Å². The van der Waals surface area contributed by atoms with Crippen LogP contribution in [0.25, 0.3) is 0 Å². The van der Waals surface area contributed by atoms with Gasteiger partial charge in [0, 0.05) is 37.8 Å². The number of ketones is 1. The second kappa shape index (κ2) is 10.4. The number of carboxylic acid groups (broad SMARTS) is 1. The van der Waals surface area contributed by atoms with Crippen molar-refractivity contribution < 1.29 is 29.0 Å². The highest BCUT2D eigenvalue weighted by molar-refractivity contribution is 5.85. The Hall–Kier alpha value is -1.96. The number of likely N-dealkylation sites (tertiary alicyclic amines) is 1. The molecule has 0 aromatic rings. The minimum Gasteiger partial charge on any atom is -0.481 e. The summed E-state index contributed by atoms with van der Waals surface area (Å²) in [6, 6.07) is -0.662. The number of carbonyl (C=O) groups excluding carboxylic acids is 3. The van der Waals surface area contributed by atoms with Crippen LogP contribution in [0.2, 0.25) is 0 Å². The Morgan fingerprint density at radius 2 is 1.70 bits per heavy atom. The lowest BCUT2D eigenvalue weighted by molar-refractivity contribution is -0.156. The van der Waals surface area contributed by atoms with Crippen molar-refractivity contribution in [1.29, 1.82) is 0 Å². The number of carboxylic acids is 1.